The van der Waals surface area contributed by atoms with Crippen molar-refractivity contribution in [2.24, 2.45) is 0 Å². The Hall–Kier alpha value is -2.89. The summed E-state index contributed by atoms with van der Waals surface area (Å²) in [4.78, 5) is 27.1. The molecule has 0 aromatic heterocycles. The summed E-state index contributed by atoms with van der Waals surface area (Å²) in [5.41, 5.74) is 1.99. The Morgan fingerprint density at radius 3 is 2.96 bits per heavy atom. The maximum Gasteiger partial charge on any atom is 0.254 e. The van der Waals surface area contributed by atoms with Crippen molar-refractivity contribution < 1.29 is 18.7 Å². The van der Waals surface area contributed by atoms with Crippen LogP contribution < -0.4 is 10.1 Å². The molecule has 1 atom stereocenters. The number of nitrogens with zero attached hydrogens (tertiary/aromatic N) is 1. The zero-order chi connectivity index (χ0) is 18.1. The number of rotatable bonds is 2. The van der Waals surface area contributed by atoms with Crippen LogP contribution in [0.1, 0.15) is 33.9 Å². The molecule has 1 fully saturated rings. The van der Waals surface area contributed by atoms with Crippen LogP contribution in [-0.4, -0.2) is 36.4 Å². The number of hydrogen-bond donors (Lipinski definition) is 1. The summed E-state index contributed by atoms with van der Waals surface area (Å²) in [6, 6.07) is 10.4. The van der Waals surface area contributed by atoms with Crippen LogP contribution in [0.15, 0.2) is 42.5 Å². The molecule has 6 heteroatoms. The lowest BCUT2D eigenvalue weighted by molar-refractivity contribution is -0.128. The Morgan fingerprint density at radius 1 is 1.23 bits per heavy atom. The fraction of sp³-hybridized carbons (Fsp3) is 0.300. The molecule has 2 amide bonds. The van der Waals surface area contributed by atoms with Gasteiger partial charge in [0.15, 0.2) is 0 Å². The number of fused-ring (bicyclic) bond motifs is 1. The fourth-order valence-electron chi connectivity index (χ4n) is 3.55. The van der Waals surface area contributed by atoms with Crippen molar-refractivity contribution in [2.75, 3.05) is 19.7 Å². The van der Waals surface area contributed by atoms with Crippen LogP contribution >= 0.6 is 0 Å². The molecule has 26 heavy (non-hydrogen) atoms. The lowest BCUT2D eigenvalue weighted by Gasteiger charge is -2.35. The molecule has 0 unspecified atom stereocenters. The van der Waals surface area contributed by atoms with E-state index < -0.39 is 11.9 Å². The number of aryl methyl sites for hydroxylation is 1. The molecule has 0 saturated carbocycles. The SMILES string of the molecule is O=C1NCCN(C(=O)c2ccc3c(c2)CCCO3)[C@H]1c1cccc(F)c1. The van der Waals surface area contributed by atoms with Crippen LogP contribution in [0, 0.1) is 5.82 Å². The van der Waals surface area contributed by atoms with Crippen molar-refractivity contribution in [1.29, 1.82) is 0 Å². The van der Waals surface area contributed by atoms with Gasteiger partial charge in [-0.2, -0.15) is 0 Å². The van der Waals surface area contributed by atoms with Gasteiger partial charge in [0.05, 0.1) is 6.61 Å². The monoisotopic (exact) mass is 354 g/mol. The molecule has 2 aromatic carbocycles. The second kappa shape index (κ2) is 6.78. The lowest BCUT2D eigenvalue weighted by Crippen LogP contribution is -2.52. The van der Waals surface area contributed by atoms with Crippen LogP contribution in [0.3, 0.4) is 0 Å². The van der Waals surface area contributed by atoms with Gasteiger partial charge in [-0.1, -0.05) is 12.1 Å². The number of piperazine rings is 1. The number of ether oxygens (including phenoxy) is 1. The molecule has 5 nitrogen and oxygen atoms in total. The van der Waals surface area contributed by atoms with E-state index in [1.807, 2.05) is 12.1 Å². The zero-order valence-corrected chi connectivity index (χ0v) is 14.2. The summed E-state index contributed by atoms with van der Waals surface area (Å²) in [5, 5.41) is 2.76. The minimum Gasteiger partial charge on any atom is -0.493 e. The van der Waals surface area contributed by atoms with E-state index in [2.05, 4.69) is 5.32 Å². The van der Waals surface area contributed by atoms with Gasteiger partial charge < -0.3 is 15.0 Å². The Morgan fingerprint density at radius 2 is 2.12 bits per heavy atom. The highest BCUT2D eigenvalue weighted by atomic mass is 19.1. The van der Waals surface area contributed by atoms with Crippen molar-refractivity contribution in [2.45, 2.75) is 18.9 Å². The average molecular weight is 354 g/mol. The van der Waals surface area contributed by atoms with E-state index in [1.165, 1.54) is 17.0 Å². The van der Waals surface area contributed by atoms with E-state index in [9.17, 15) is 14.0 Å². The third kappa shape index (κ3) is 3.03. The molecule has 1 saturated heterocycles. The number of carbonyl (C=O) groups is 2. The summed E-state index contributed by atoms with van der Waals surface area (Å²) in [6.45, 7) is 1.44. The zero-order valence-electron chi connectivity index (χ0n) is 14.2. The molecule has 1 N–H and O–H groups in total. The highest BCUT2D eigenvalue weighted by Crippen LogP contribution is 2.29. The van der Waals surface area contributed by atoms with E-state index in [1.54, 1.807) is 18.2 Å². The maximum atomic E-state index is 13.6. The van der Waals surface area contributed by atoms with Gasteiger partial charge in [0, 0.05) is 18.7 Å². The summed E-state index contributed by atoms with van der Waals surface area (Å²) >= 11 is 0. The van der Waals surface area contributed by atoms with Gasteiger partial charge in [-0.25, -0.2) is 4.39 Å². The van der Waals surface area contributed by atoms with E-state index in [4.69, 9.17) is 4.74 Å². The third-order valence-corrected chi connectivity index (χ3v) is 4.79. The van der Waals surface area contributed by atoms with E-state index in [0.717, 1.165) is 24.2 Å². The third-order valence-electron chi connectivity index (χ3n) is 4.79. The quantitative estimate of drug-likeness (QED) is 0.901. The van der Waals surface area contributed by atoms with E-state index in [0.29, 0.717) is 30.8 Å². The minimum atomic E-state index is -0.834. The first-order chi connectivity index (χ1) is 12.6. The Kier molecular flexibility index (Phi) is 4.32. The second-order valence-corrected chi connectivity index (χ2v) is 6.52. The molecule has 0 aliphatic carbocycles. The normalized spacial score (nSPS) is 19.3. The van der Waals surface area contributed by atoms with Gasteiger partial charge in [-0.05, 0) is 54.3 Å². The summed E-state index contributed by atoms with van der Waals surface area (Å²) < 4.78 is 19.2. The first-order valence-electron chi connectivity index (χ1n) is 8.73. The molecule has 2 aliphatic heterocycles. The van der Waals surface area contributed by atoms with Gasteiger partial charge >= 0.3 is 0 Å². The predicted octanol–water partition coefficient (Wildman–Crippen LogP) is 2.46. The standard InChI is InChI=1S/C20H19FN2O3/c21-16-5-1-3-14(12-16)18-19(24)22-8-9-23(18)20(25)15-6-7-17-13(11-15)4-2-10-26-17/h1,3,5-7,11-12,18H,2,4,8-10H2,(H,22,24)/t18-/m0/s1. The highest BCUT2D eigenvalue weighted by Gasteiger charge is 2.35. The van der Waals surface area contributed by atoms with E-state index >= 15 is 0 Å². The number of halogens is 1. The molecule has 0 bridgehead atoms. The molecule has 2 aliphatic rings. The average Bonchev–Trinajstić information content (AvgIpc) is 2.67. The molecule has 0 radical (unpaired) electrons. The summed E-state index contributed by atoms with van der Waals surface area (Å²) in [5.74, 6) is -0.149. The van der Waals surface area contributed by atoms with Crippen LogP contribution in [0.2, 0.25) is 0 Å². The molecular formula is C20H19FN2O3. The highest BCUT2D eigenvalue weighted by molar-refractivity contribution is 5.98. The van der Waals surface area contributed by atoms with Gasteiger partial charge in [0.2, 0.25) is 5.91 Å². The maximum absolute atomic E-state index is 13.6. The topological polar surface area (TPSA) is 58.6 Å². The molecule has 2 aromatic rings. The van der Waals surface area contributed by atoms with Crippen molar-refractivity contribution in [3.05, 3.63) is 65.0 Å². The van der Waals surface area contributed by atoms with Crippen molar-refractivity contribution in [3.63, 3.8) is 0 Å². The molecule has 0 spiro atoms. The molecule has 2 heterocycles. The van der Waals surface area contributed by atoms with Crippen LogP contribution in [0.25, 0.3) is 0 Å². The van der Waals surface area contributed by atoms with Crippen LogP contribution in [0.5, 0.6) is 5.75 Å². The van der Waals surface area contributed by atoms with Gasteiger partial charge in [0.25, 0.3) is 5.91 Å². The molecular weight excluding hydrogens is 335 g/mol. The van der Waals surface area contributed by atoms with Gasteiger partial charge in [-0.3, -0.25) is 9.59 Å². The van der Waals surface area contributed by atoms with E-state index in [-0.39, 0.29) is 11.8 Å². The summed E-state index contributed by atoms with van der Waals surface area (Å²) in [7, 11) is 0. The van der Waals surface area contributed by atoms with Crippen molar-refractivity contribution in [3.8, 4) is 5.75 Å². The number of hydrogen-bond acceptors (Lipinski definition) is 3. The number of carbonyl (C=O) groups excluding carboxylic acids is 2. The molecule has 134 valence electrons. The first-order valence-corrected chi connectivity index (χ1v) is 8.73. The Balaban J connectivity index is 1.67. The minimum absolute atomic E-state index is 0.234. The Bertz CT molecular complexity index is 868. The molecule has 4 rings (SSSR count). The van der Waals surface area contributed by atoms with Crippen LogP contribution in [0.4, 0.5) is 4.39 Å². The predicted molar refractivity (Wildman–Crippen MR) is 93.4 cm³/mol. The fourth-order valence-corrected chi connectivity index (χ4v) is 3.55. The van der Waals surface area contributed by atoms with Crippen LogP contribution in [-0.2, 0) is 11.2 Å². The number of benzene rings is 2. The number of amides is 2. The van der Waals surface area contributed by atoms with Gasteiger partial charge in [-0.15, -0.1) is 0 Å². The second-order valence-electron chi connectivity index (χ2n) is 6.52. The smallest absolute Gasteiger partial charge is 0.254 e. The largest absolute Gasteiger partial charge is 0.493 e. The summed E-state index contributed by atoms with van der Waals surface area (Å²) in [6.07, 6.45) is 1.78. The lowest BCUT2D eigenvalue weighted by atomic mass is 9.99. The van der Waals surface area contributed by atoms with Crippen molar-refractivity contribution in [1.82, 2.24) is 10.2 Å². The first kappa shape index (κ1) is 16.6. The van der Waals surface area contributed by atoms with Crippen molar-refractivity contribution >= 4 is 11.8 Å². The van der Waals surface area contributed by atoms with Gasteiger partial charge in [0.1, 0.15) is 17.6 Å². The Labute approximate surface area is 150 Å². The number of nitrogens with one attached hydrogen (secondary N) is 1.